The molecule has 20 heavy (non-hydrogen) atoms. The van der Waals surface area contributed by atoms with Crippen LogP contribution in [-0.4, -0.2) is 24.0 Å². The first-order chi connectivity index (χ1) is 9.75. The molecule has 0 aromatic heterocycles. The summed E-state index contributed by atoms with van der Waals surface area (Å²) in [5, 5.41) is 5.54. The molecule has 1 aliphatic heterocycles. The Balaban J connectivity index is 1.81. The van der Waals surface area contributed by atoms with Crippen molar-refractivity contribution in [3.63, 3.8) is 0 Å². The largest absolute Gasteiger partial charge is 0.331 e. The first kappa shape index (κ1) is 13.0. The van der Waals surface area contributed by atoms with E-state index in [1.54, 1.807) is 0 Å². The number of nitrogens with zero attached hydrogens (tertiary/aromatic N) is 1. The fourth-order valence-corrected chi connectivity index (χ4v) is 2.90. The number of hydrogen-bond acceptors (Lipinski definition) is 1. The number of carbonyl (C=O) groups excluding carboxylic acids is 1. The van der Waals surface area contributed by atoms with Gasteiger partial charge in [-0.2, -0.15) is 0 Å². The maximum absolute atomic E-state index is 12.2. The molecule has 0 aliphatic carbocycles. The number of urea groups is 1. The topological polar surface area (TPSA) is 32.3 Å². The van der Waals surface area contributed by atoms with Crippen LogP contribution in [-0.2, 0) is 0 Å². The van der Waals surface area contributed by atoms with E-state index < -0.39 is 0 Å². The molecule has 2 aromatic rings. The van der Waals surface area contributed by atoms with Crippen LogP contribution in [0.3, 0.4) is 0 Å². The minimum atomic E-state index is 0.0224. The summed E-state index contributed by atoms with van der Waals surface area (Å²) in [7, 11) is 0. The van der Waals surface area contributed by atoms with E-state index in [2.05, 4.69) is 42.6 Å². The second-order valence-electron chi connectivity index (χ2n) is 5.43. The Hall–Kier alpha value is -2.03. The maximum Gasteiger partial charge on any atom is 0.317 e. The fraction of sp³-hybridized carbons (Fsp3) is 0.353. The average Bonchev–Trinajstić information content (AvgIpc) is 3.01. The summed E-state index contributed by atoms with van der Waals surface area (Å²) in [6.45, 7) is 3.82. The van der Waals surface area contributed by atoms with Crippen LogP contribution < -0.4 is 5.32 Å². The lowest BCUT2D eigenvalue weighted by atomic mass is 10.00. The molecule has 1 aliphatic rings. The molecule has 1 N–H and O–H groups in total. The van der Waals surface area contributed by atoms with Gasteiger partial charge in [0.1, 0.15) is 0 Å². The molecular formula is C17H20N2O. The van der Waals surface area contributed by atoms with Crippen molar-refractivity contribution < 1.29 is 4.79 Å². The van der Waals surface area contributed by atoms with Crippen LogP contribution in [0.2, 0.25) is 0 Å². The van der Waals surface area contributed by atoms with Gasteiger partial charge in [0.2, 0.25) is 0 Å². The van der Waals surface area contributed by atoms with Crippen LogP contribution in [0, 0.1) is 0 Å². The summed E-state index contributed by atoms with van der Waals surface area (Å²) in [5.74, 6) is 0. The highest BCUT2D eigenvalue weighted by Crippen LogP contribution is 2.24. The van der Waals surface area contributed by atoms with E-state index in [9.17, 15) is 4.79 Å². The molecule has 3 nitrogen and oxygen atoms in total. The molecule has 1 saturated heterocycles. The molecule has 0 radical (unpaired) electrons. The van der Waals surface area contributed by atoms with Crippen molar-refractivity contribution in [2.45, 2.75) is 25.8 Å². The summed E-state index contributed by atoms with van der Waals surface area (Å²) < 4.78 is 0. The molecule has 1 atom stereocenters. The van der Waals surface area contributed by atoms with Gasteiger partial charge >= 0.3 is 6.03 Å². The number of hydrogen-bond donors (Lipinski definition) is 1. The van der Waals surface area contributed by atoms with E-state index in [4.69, 9.17) is 0 Å². The smallest absolute Gasteiger partial charge is 0.317 e. The Labute approximate surface area is 119 Å². The van der Waals surface area contributed by atoms with E-state index in [0.29, 0.717) is 0 Å². The van der Waals surface area contributed by atoms with Gasteiger partial charge in [-0.05, 0) is 36.1 Å². The molecule has 0 bridgehead atoms. The molecule has 2 aromatic carbocycles. The maximum atomic E-state index is 12.2. The van der Waals surface area contributed by atoms with Crippen LogP contribution in [0.5, 0.6) is 0 Å². The Morgan fingerprint density at radius 3 is 2.60 bits per heavy atom. The molecule has 0 spiro atoms. The summed E-state index contributed by atoms with van der Waals surface area (Å²) in [4.78, 5) is 14.1. The van der Waals surface area contributed by atoms with Crippen molar-refractivity contribution in [3.05, 3.63) is 48.0 Å². The fourth-order valence-electron chi connectivity index (χ4n) is 2.90. The number of nitrogens with one attached hydrogen (secondary N) is 1. The minimum Gasteiger partial charge on any atom is -0.331 e. The van der Waals surface area contributed by atoms with Gasteiger partial charge in [0.25, 0.3) is 0 Å². The van der Waals surface area contributed by atoms with Crippen LogP contribution in [0.15, 0.2) is 42.5 Å². The minimum absolute atomic E-state index is 0.0224. The summed E-state index contributed by atoms with van der Waals surface area (Å²) >= 11 is 0. The lowest BCUT2D eigenvalue weighted by molar-refractivity contribution is 0.205. The third-order valence-electron chi connectivity index (χ3n) is 4.02. The van der Waals surface area contributed by atoms with Crippen molar-refractivity contribution in [3.8, 4) is 0 Å². The number of benzene rings is 2. The molecular weight excluding hydrogens is 248 g/mol. The van der Waals surface area contributed by atoms with E-state index in [1.165, 1.54) is 16.3 Å². The van der Waals surface area contributed by atoms with E-state index >= 15 is 0 Å². The van der Waals surface area contributed by atoms with Gasteiger partial charge < -0.3 is 10.2 Å². The monoisotopic (exact) mass is 268 g/mol. The van der Waals surface area contributed by atoms with Gasteiger partial charge in [0, 0.05) is 13.1 Å². The average molecular weight is 268 g/mol. The van der Waals surface area contributed by atoms with Crippen molar-refractivity contribution in [1.29, 1.82) is 0 Å². The van der Waals surface area contributed by atoms with Crippen molar-refractivity contribution >= 4 is 16.8 Å². The van der Waals surface area contributed by atoms with Gasteiger partial charge in [0.05, 0.1) is 6.04 Å². The predicted octanol–water partition coefficient (Wildman–Crippen LogP) is 3.71. The third kappa shape index (κ3) is 2.48. The number of likely N-dealkylation sites (tertiary alicyclic amines) is 1. The number of rotatable bonds is 2. The summed E-state index contributed by atoms with van der Waals surface area (Å²) in [6.07, 6.45) is 2.24. The number of amides is 2. The molecule has 104 valence electrons. The second kappa shape index (κ2) is 5.53. The third-order valence-corrected chi connectivity index (χ3v) is 4.02. The SMILES string of the molecule is C[C@H](NC(=O)N1CCCC1)c1cccc2ccccc12. The van der Waals surface area contributed by atoms with E-state index in [0.717, 1.165) is 25.9 Å². The van der Waals surface area contributed by atoms with E-state index in [-0.39, 0.29) is 12.1 Å². The normalized spacial score (nSPS) is 16.4. The van der Waals surface area contributed by atoms with Crippen LogP contribution in [0.25, 0.3) is 10.8 Å². The highest BCUT2D eigenvalue weighted by molar-refractivity contribution is 5.86. The van der Waals surface area contributed by atoms with Crippen molar-refractivity contribution in [2.24, 2.45) is 0 Å². The van der Waals surface area contributed by atoms with Gasteiger partial charge in [-0.3, -0.25) is 0 Å². The zero-order chi connectivity index (χ0) is 13.9. The highest BCUT2D eigenvalue weighted by atomic mass is 16.2. The number of carbonyl (C=O) groups is 1. The van der Waals surface area contributed by atoms with Crippen LogP contribution in [0.1, 0.15) is 31.4 Å². The molecule has 1 heterocycles. The zero-order valence-corrected chi connectivity index (χ0v) is 11.8. The standard InChI is InChI=1S/C17H20N2O/c1-13(18-17(20)19-11-4-5-12-19)15-10-6-8-14-7-2-3-9-16(14)15/h2-3,6-10,13H,4-5,11-12H2,1H3,(H,18,20)/t13-/m0/s1. The van der Waals surface area contributed by atoms with E-state index in [1.807, 2.05) is 17.0 Å². The van der Waals surface area contributed by atoms with Gasteiger partial charge in [-0.25, -0.2) is 4.79 Å². The zero-order valence-electron chi connectivity index (χ0n) is 11.8. The predicted molar refractivity (Wildman–Crippen MR) is 81.7 cm³/mol. The van der Waals surface area contributed by atoms with Crippen molar-refractivity contribution in [1.82, 2.24) is 10.2 Å². The molecule has 3 heteroatoms. The lowest BCUT2D eigenvalue weighted by Crippen LogP contribution is -2.39. The Morgan fingerprint density at radius 1 is 1.10 bits per heavy atom. The molecule has 0 saturated carbocycles. The molecule has 3 rings (SSSR count). The van der Waals surface area contributed by atoms with Crippen LogP contribution in [0.4, 0.5) is 4.79 Å². The van der Waals surface area contributed by atoms with Crippen molar-refractivity contribution in [2.75, 3.05) is 13.1 Å². The highest BCUT2D eigenvalue weighted by Gasteiger charge is 2.20. The first-order valence-corrected chi connectivity index (χ1v) is 7.29. The van der Waals surface area contributed by atoms with Gasteiger partial charge in [-0.1, -0.05) is 42.5 Å². The Morgan fingerprint density at radius 2 is 1.80 bits per heavy atom. The second-order valence-corrected chi connectivity index (χ2v) is 5.43. The Bertz CT molecular complexity index is 612. The van der Waals surface area contributed by atoms with Crippen LogP contribution >= 0.6 is 0 Å². The number of fused-ring (bicyclic) bond motifs is 1. The lowest BCUT2D eigenvalue weighted by Gasteiger charge is -2.21. The quantitative estimate of drug-likeness (QED) is 0.884. The molecule has 2 amide bonds. The summed E-state index contributed by atoms with van der Waals surface area (Å²) in [6, 6.07) is 14.6. The Kier molecular flexibility index (Phi) is 3.59. The molecule has 1 fully saturated rings. The van der Waals surface area contributed by atoms with Gasteiger partial charge in [-0.15, -0.1) is 0 Å². The molecule has 0 unspecified atom stereocenters. The first-order valence-electron chi connectivity index (χ1n) is 7.29. The summed E-state index contributed by atoms with van der Waals surface area (Å²) in [5.41, 5.74) is 1.18. The van der Waals surface area contributed by atoms with Gasteiger partial charge in [0.15, 0.2) is 0 Å².